The minimum absolute atomic E-state index is 0.123. The molecule has 0 amide bonds. The molecular formula is C11H15FN2O2S. The number of nitrogens with zero attached hydrogens (tertiary/aromatic N) is 1. The summed E-state index contributed by atoms with van der Waals surface area (Å²) in [4.78, 5) is 0. The number of nitrogens with two attached hydrogens (primary N) is 1. The highest BCUT2D eigenvalue weighted by Gasteiger charge is 2.11. The number of hydrogen-bond acceptors (Lipinski definition) is 4. The molecule has 0 fully saturated rings. The quantitative estimate of drug-likeness (QED) is 0.268. The Bertz CT molecular complexity index is 399. The van der Waals surface area contributed by atoms with Gasteiger partial charge in [-0.15, -0.1) is 0 Å². The lowest BCUT2D eigenvalue weighted by Gasteiger charge is -2.07. The van der Waals surface area contributed by atoms with Crippen LogP contribution in [-0.4, -0.2) is 30.5 Å². The normalized spacial score (nSPS) is 11.8. The second kappa shape index (κ2) is 7.13. The molecule has 1 aromatic rings. The van der Waals surface area contributed by atoms with Crippen LogP contribution >= 0.6 is 11.8 Å². The van der Waals surface area contributed by atoms with E-state index in [1.165, 1.54) is 6.07 Å². The van der Waals surface area contributed by atoms with Crippen molar-refractivity contribution in [2.75, 3.05) is 19.5 Å². The fourth-order valence-electron chi connectivity index (χ4n) is 1.27. The van der Waals surface area contributed by atoms with E-state index in [1.54, 1.807) is 31.0 Å². The zero-order valence-electron chi connectivity index (χ0n) is 9.52. The number of hydrogen-bond donors (Lipinski definition) is 2. The summed E-state index contributed by atoms with van der Waals surface area (Å²) in [5.74, 6) is 0.671. The number of oxime groups is 1. The van der Waals surface area contributed by atoms with Crippen molar-refractivity contribution in [3.63, 3.8) is 0 Å². The van der Waals surface area contributed by atoms with Gasteiger partial charge < -0.3 is 15.7 Å². The Morgan fingerprint density at radius 2 is 2.35 bits per heavy atom. The van der Waals surface area contributed by atoms with Crippen LogP contribution in [0.3, 0.4) is 0 Å². The number of amidine groups is 1. The highest BCUT2D eigenvalue weighted by atomic mass is 32.2. The topological polar surface area (TPSA) is 67.8 Å². The number of methoxy groups -OCH3 is 1. The lowest BCUT2D eigenvalue weighted by Crippen LogP contribution is -2.15. The molecule has 94 valence electrons. The van der Waals surface area contributed by atoms with E-state index >= 15 is 0 Å². The number of rotatable bonds is 6. The lowest BCUT2D eigenvalue weighted by atomic mass is 10.1. The van der Waals surface area contributed by atoms with Crippen molar-refractivity contribution < 1.29 is 14.3 Å². The van der Waals surface area contributed by atoms with Gasteiger partial charge in [-0.3, -0.25) is 0 Å². The first-order chi connectivity index (χ1) is 8.20. The van der Waals surface area contributed by atoms with Crippen LogP contribution in [0, 0.1) is 5.82 Å². The van der Waals surface area contributed by atoms with Crippen LogP contribution < -0.4 is 5.73 Å². The Labute approximate surface area is 104 Å². The Morgan fingerprint density at radius 1 is 1.59 bits per heavy atom. The minimum atomic E-state index is -0.437. The molecule has 0 unspecified atom stereocenters. The Morgan fingerprint density at radius 3 is 3.00 bits per heavy atom. The van der Waals surface area contributed by atoms with Gasteiger partial charge in [-0.2, -0.15) is 11.8 Å². The van der Waals surface area contributed by atoms with Gasteiger partial charge in [0.15, 0.2) is 5.84 Å². The summed E-state index contributed by atoms with van der Waals surface area (Å²) in [6.45, 7) is 0.631. The van der Waals surface area contributed by atoms with Crippen molar-refractivity contribution in [2.45, 2.75) is 5.75 Å². The second-order valence-electron chi connectivity index (χ2n) is 3.31. The molecular weight excluding hydrogens is 243 g/mol. The summed E-state index contributed by atoms with van der Waals surface area (Å²) in [6.07, 6.45) is 0. The third kappa shape index (κ3) is 3.90. The summed E-state index contributed by atoms with van der Waals surface area (Å²) >= 11 is 1.56. The number of thioether (sulfide) groups is 1. The first kappa shape index (κ1) is 13.8. The van der Waals surface area contributed by atoms with Gasteiger partial charge in [0.1, 0.15) is 5.82 Å². The Hall–Kier alpha value is -1.27. The molecule has 0 aromatic heterocycles. The predicted molar refractivity (Wildman–Crippen MR) is 66.9 cm³/mol. The molecule has 3 N–H and O–H groups in total. The molecule has 0 spiro atoms. The zero-order valence-corrected chi connectivity index (χ0v) is 10.3. The van der Waals surface area contributed by atoms with E-state index in [0.29, 0.717) is 17.9 Å². The van der Waals surface area contributed by atoms with Crippen LogP contribution in [0.5, 0.6) is 0 Å². The van der Waals surface area contributed by atoms with E-state index in [2.05, 4.69) is 5.16 Å². The van der Waals surface area contributed by atoms with Crippen molar-refractivity contribution >= 4 is 17.6 Å². The van der Waals surface area contributed by atoms with Gasteiger partial charge in [0.25, 0.3) is 0 Å². The van der Waals surface area contributed by atoms with Crippen molar-refractivity contribution in [1.82, 2.24) is 0 Å². The monoisotopic (exact) mass is 258 g/mol. The van der Waals surface area contributed by atoms with Crippen LogP contribution in [0.15, 0.2) is 23.4 Å². The predicted octanol–water partition coefficient (Wildman–Crippen LogP) is 1.80. The van der Waals surface area contributed by atoms with E-state index in [4.69, 9.17) is 15.7 Å². The van der Waals surface area contributed by atoms with Gasteiger partial charge in [-0.1, -0.05) is 17.3 Å². The third-order valence-electron chi connectivity index (χ3n) is 2.15. The van der Waals surface area contributed by atoms with Gasteiger partial charge in [0.05, 0.1) is 12.2 Å². The SMILES string of the molecule is COCCSCc1cccc(/C(N)=N/O)c1F. The smallest absolute Gasteiger partial charge is 0.173 e. The average molecular weight is 258 g/mol. The van der Waals surface area contributed by atoms with Crippen LogP contribution in [0.1, 0.15) is 11.1 Å². The molecule has 17 heavy (non-hydrogen) atoms. The highest BCUT2D eigenvalue weighted by molar-refractivity contribution is 7.98. The molecule has 0 saturated heterocycles. The molecule has 0 saturated carbocycles. The van der Waals surface area contributed by atoms with Gasteiger partial charge in [0, 0.05) is 18.6 Å². The molecule has 0 aliphatic carbocycles. The van der Waals surface area contributed by atoms with Crippen molar-refractivity contribution in [2.24, 2.45) is 10.9 Å². The molecule has 1 rings (SSSR count). The van der Waals surface area contributed by atoms with Crippen LogP contribution in [0.25, 0.3) is 0 Å². The van der Waals surface area contributed by atoms with E-state index < -0.39 is 5.82 Å². The summed E-state index contributed by atoms with van der Waals surface area (Å²) in [5.41, 5.74) is 6.03. The molecule has 0 radical (unpaired) electrons. The van der Waals surface area contributed by atoms with Crippen LogP contribution in [-0.2, 0) is 10.5 Å². The minimum Gasteiger partial charge on any atom is -0.409 e. The molecule has 0 bridgehead atoms. The molecule has 6 heteroatoms. The van der Waals surface area contributed by atoms with Gasteiger partial charge >= 0.3 is 0 Å². The maximum Gasteiger partial charge on any atom is 0.173 e. The fraction of sp³-hybridized carbons (Fsp3) is 0.364. The second-order valence-corrected chi connectivity index (χ2v) is 4.41. The highest BCUT2D eigenvalue weighted by Crippen LogP contribution is 2.18. The van der Waals surface area contributed by atoms with Gasteiger partial charge in [-0.25, -0.2) is 4.39 Å². The van der Waals surface area contributed by atoms with Crippen molar-refractivity contribution in [3.05, 3.63) is 35.1 Å². The number of ether oxygens (including phenoxy) is 1. The van der Waals surface area contributed by atoms with E-state index in [1.807, 2.05) is 0 Å². The first-order valence-corrected chi connectivity index (χ1v) is 6.18. The van der Waals surface area contributed by atoms with Crippen LogP contribution in [0.2, 0.25) is 0 Å². The molecule has 0 aliphatic rings. The largest absolute Gasteiger partial charge is 0.409 e. The summed E-state index contributed by atoms with van der Waals surface area (Å²) in [7, 11) is 1.63. The zero-order chi connectivity index (χ0) is 12.7. The molecule has 1 aromatic carbocycles. The van der Waals surface area contributed by atoms with Crippen molar-refractivity contribution in [1.29, 1.82) is 0 Å². The molecule has 0 atom stereocenters. The summed E-state index contributed by atoms with van der Waals surface area (Å²) in [6, 6.07) is 4.85. The summed E-state index contributed by atoms with van der Waals surface area (Å²) in [5, 5.41) is 11.3. The van der Waals surface area contributed by atoms with Gasteiger partial charge in [-0.05, 0) is 11.6 Å². The van der Waals surface area contributed by atoms with E-state index in [9.17, 15) is 4.39 Å². The maximum absolute atomic E-state index is 13.9. The molecule has 0 heterocycles. The Balaban J connectivity index is 2.73. The standard InChI is InChI=1S/C11H15FN2O2S/c1-16-5-6-17-7-8-3-2-4-9(10(8)12)11(13)14-15/h2-4,15H,5-7H2,1H3,(H2,13,14). The number of benzene rings is 1. The lowest BCUT2D eigenvalue weighted by molar-refractivity contribution is 0.218. The summed E-state index contributed by atoms with van der Waals surface area (Å²) < 4.78 is 18.8. The van der Waals surface area contributed by atoms with E-state index in [-0.39, 0.29) is 11.4 Å². The van der Waals surface area contributed by atoms with Gasteiger partial charge in [0.2, 0.25) is 0 Å². The third-order valence-corrected chi connectivity index (χ3v) is 3.12. The maximum atomic E-state index is 13.9. The molecule has 0 aliphatic heterocycles. The fourth-order valence-corrected chi connectivity index (χ4v) is 2.14. The van der Waals surface area contributed by atoms with Crippen LogP contribution in [0.4, 0.5) is 4.39 Å². The van der Waals surface area contributed by atoms with E-state index in [0.717, 1.165) is 5.75 Å². The number of halogens is 1. The first-order valence-electron chi connectivity index (χ1n) is 5.02. The average Bonchev–Trinajstić information content (AvgIpc) is 2.35. The van der Waals surface area contributed by atoms with Crippen molar-refractivity contribution in [3.8, 4) is 0 Å². The molecule has 4 nitrogen and oxygen atoms in total. The Kier molecular flexibility index (Phi) is 5.79.